The van der Waals surface area contributed by atoms with Crippen LogP contribution in [-0.2, 0) is 7.05 Å². The molecule has 0 aliphatic rings. The molecule has 1 unspecified atom stereocenters. The van der Waals surface area contributed by atoms with E-state index in [4.69, 9.17) is 9.26 Å². The van der Waals surface area contributed by atoms with Gasteiger partial charge in [-0.05, 0) is 42.0 Å². The fourth-order valence-corrected chi connectivity index (χ4v) is 3.11. The van der Waals surface area contributed by atoms with Gasteiger partial charge in [0.1, 0.15) is 23.4 Å². The van der Waals surface area contributed by atoms with Gasteiger partial charge in [-0.2, -0.15) is 0 Å². The van der Waals surface area contributed by atoms with Crippen LogP contribution in [0.25, 0.3) is 11.3 Å². The quantitative estimate of drug-likeness (QED) is 0.527. The van der Waals surface area contributed by atoms with Crippen LogP contribution in [0, 0.1) is 5.82 Å². The number of carbonyl (C=O) groups is 1. The third kappa shape index (κ3) is 3.93. The number of amides is 1. The highest BCUT2D eigenvalue weighted by Crippen LogP contribution is 2.25. The van der Waals surface area contributed by atoms with Gasteiger partial charge >= 0.3 is 0 Å². The lowest BCUT2D eigenvalue weighted by molar-refractivity contribution is 0.0932. The number of ether oxygens (including phenoxy) is 1. The predicted octanol–water partition coefficient (Wildman–Crippen LogP) is 3.74. The normalized spacial score (nSPS) is 11.8. The Kier molecular flexibility index (Phi) is 5.30. The Bertz CT molecular complexity index is 1170. The Hall–Kier alpha value is -3.94. The number of rotatable bonds is 6. The van der Waals surface area contributed by atoms with Crippen LogP contribution in [0.4, 0.5) is 4.39 Å². The van der Waals surface area contributed by atoms with Gasteiger partial charge < -0.3 is 19.1 Å². The summed E-state index contributed by atoms with van der Waals surface area (Å²) in [5.41, 5.74) is 1.53. The van der Waals surface area contributed by atoms with Gasteiger partial charge in [0.05, 0.1) is 7.11 Å². The summed E-state index contributed by atoms with van der Waals surface area (Å²) in [6, 6.07) is 14.1. The van der Waals surface area contributed by atoms with E-state index in [0.717, 1.165) is 5.56 Å². The Morgan fingerprint density at radius 3 is 2.70 bits per heavy atom. The SMILES string of the molecule is COc1cccc(C(NC(=O)c2cc(-c3ccc(F)cc3)on2)c2nccn2C)c1. The third-order valence-electron chi connectivity index (χ3n) is 4.69. The lowest BCUT2D eigenvalue weighted by Crippen LogP contribution is -2.31. The van der Waals surface area contributed by atoms with Crippen molar-refractivity contribution >= 4 is 5.91 Å². The second-order valence-electron chi connectivity index (χ2n) is 6.66. The average Bonchev–Trinajstić information content (AvgIpc) is 3.42. The largest absolute Gasteiger partial charge is 0.497 e. The molecule has 30 heavy (non-hydrogen) atoms. The molecule has 1 amide bonds. The molecule has 8 heteroatoms. The number of nitrogens with one attached hydrogen (secondary N) is 1. The maximum absolute atomic E-state index is 13.1. The zero-order valence-electron chi connectivity index (χ0n) is 16.4. The number of hydrogen-bond acceptors (Lipinski definition) is 5. The number of imidazole rings is 1. The van der Waals surface area contributed by atoms with Crippen LogP contribution in [-0.4, -0.2) is 27.7 Å². The minimum atomic E-state index is -0.529. The van der Waals surface area contributed by atoms with Crippen molar-refractivity contribution in [3.8, 4) is 17.1 Å². The van der Waals surface area contributed by atoms with Gasteiger partial charge in [0, 0.05) is 31.1 Å². The van der Waals surface area contributed by atoms with Crippen molar-refractivity contribution in [1.29, 1.82) is 0 Å². The molecule has 0 saturated heterocycles. The van der Waals surface area contributed by atoms with Crippen molar-refractivity contribution in [2.24, 2.45) is 7.05 Å². The summed E-state index contributed by atoms with van der Waals surface area (Å²) < 4.78 is 25.5. The summed E-state index contributed by atoms with van der Waals surface area (Å²) in [7, 11) is 3.43. The lowest BCUT2D eigenvalue weighted by Gasteiger charge is -2.19. The summed E-state index contributed by atoms with van der Waals surface area (Å²) in [6.07, 6.45) is 3.47. The van der Waals surface area contributed by atoms with Gasteiger partial charge in [0.25, 0.3) is 5.91 Å². The Balaban J connectivity index is 1.62. The number of benzene rings is 2. The Labute approximate surface area is 172 Å². The molecule has 0 fully saturated rings. The van der Waals surface area contributed by atoms with Crippen LogP contribution < -0.4 is 10.1 Å². The maximum Gasteiger partial charge on any atom is 0.274 e. The van der Waals surface area contributed by atoms with Crippen LogP contribution in [0.2, 0.25) is 0 Å². The van der Waals surface area contributed by atoms with E-state index in [1.807, 2.05) is 35.9 Å². The van der Waals surface area contributed by atoms with Gasteiger partial charge in [-0.3, -0.25) is 4.79 Å². The number of halogens is 1. The van der Waals surface area contributed by atoms with Gasteiger partial charge in [-0.1, -0.05) is 17.3 Å². The molecular weight excluding hydrogens is 387 g/mol. The van der Waals surface area contributed by atoms with Crippen molar-refractivity contribution in [2.75, 3.05) is 7.11 Å². The highest BCUT2D eigenvalue weighted by Gasteiger charge is 2.24. The van der Waals surface area contributed by atoms with Crippen molar-refractivity contribution in [2.45, 2.75) is 6.04 Å². The standard InChI is InChI=1S/C22H19FN4O3/c1-27-11-10-24-21(27)20(15-4-3-5-17(12-15)29-2)25-22(28)18-13-19(30-26-18)14-6-8-16(23)9-7-14/h3-13,20H,1-2H3,(H,25,28). The fourth-order valence-electron chi connectivity index (χ4n) is 3.11. The van der Waals surface area contributed by atoms with Crippen molar-refractivity contribution in [1.82, 2.24) is 20.0 Å². The summed E-state index contributed by atoms with van der Waals surface area (Å²) in [4.78, 5) is 17.3. The first-order valence-electron chi connectivity index (χ1n) is 9.20. The third-order valence-corrected chi connectivity index (χ3v) is 4.69. The van der Waals surface area contributed by atoms with Crippen molar-refractivity contribution in [3.63, 3.8) is 0 Å². The van der Waals surface area contributed by atoms with Gasteiger partial charge in [-0.15, -0.1) is 0 Å². The number of aryl methyl sites for hydroxylation is 1. The molecule has 2 heterocycles. The molecule has 2 aromatic heterocycles. The molecule has 2 aromatic carbocycles. The van der Waals surface area contributed by atoms with E-state index in [2.05, 4.69) is 15.5 Å². The van der Waals surface area contributed by atoms with Crippen LogP contribution in [0.15, 0.2) is 71.5 Å². The predicted molar refractivity (Wildman–Crippen MR) is 107 cm³/mol. The number of aromatic nitrogens is 3. The van der Waals surface area contributed by atoms with E-state index in [0.29, 0.717) is 22.9 Å². The first kappa shape index (κ1) is 19.4. The van der Waals surface area contributed by atoms with Crippen LogP contribution in [0.3, 0.4) is 0 Å². The van der Waals surface area contributed by atoms with Crippen molar-refractivity contribution in [3.05, 3.63) is 89.9 Å². The topological polar surface area (TPSA) is 82.2 Å². The number of hydrogen-bond donors (Lipinski definition) is 1. The van der Waals surface area contributed by atoms with E-state index in [1.54, 1.807) is 31.6 Å². The second kappa shape index (κ2) is 8.20. The van der Waals surface area contributed by atoms with Gasteiger partial charge in [0.2, 0.25) is 0 Å². The van der Waals surface area contributed by atoms with Crippen molar-refractivity contribution < 1.29 is 18.4 Å². The highest BCUT2D eigenvalue weighted by atomic mass is 19.1. The minimum Gasteiger partial charge on any atom is -0.497 e. The summed E-state index contributed by atoms with van der Waals surface area (Å²) in [5.74, 6) is 0.908. The van der Waals surface area contributed by atoms with E-state index >= 15 is 0 Å². The first-order valence-corrected chi connectivity index (χ1v) is 9.20. The molecule has 4 rings (SSSR count). The van der Waals surface area contributed by atoms with Gasteiger partial charge in [0.15, 0.2) is 11.5 Å². The second-order valence-corrected chi connectivity index (χ2v) is 6.66. The van der Waals surface area contributed by atoms with Crippen LogP contribution >= 0.6 is 0 Å². The molecule has 0 aliphatic heterocycles. The van der Waals surface area contributed by atoms with E-state index in [-0.39, 0.29) is 11.5 Å². The summed E-state index contributed by atoms with van der Waals surface area (Å²) in [5, 5.41) is 6.82. The fraction of sp³-hybridized carbons (Fsp3) is 0.136. The van der Waals surface area contributed by atoms with E-state index in [1.165, 1.54) is 18.2 Å². The van der Waals surface area contributed by atoms with E-state index < -0.39 is 11.9 Å². The Morgan fingerprint density at radius 2 is 2.00 bits per heavy atom. The minimum absolute atomic E-state index is 0.108. The molecule has 7 nitrogen and oxygen atoms in total. The molecule has 0 spiro atoms. The molecular formula is C22H19FN4O3. The molecule has 1 N–H and O–H groups in total. The Morgan fingerprint density at radius 1 is 1.20 bits per heavy atom. The first-order chi connectivity index (χ1) is 14.5. The molecule has 0 saturated carbocycles. The smallest absolute Gasteiger partial charge is 0.274 e. The molecule has 1 atom stereocenters. The molecule has 0 aliphatic carbocycles. The molecule has 0 radical (unpaired) electrons. The molecule has 152 valence electrons. The van der Waals surface area contributed by atoms with E-state index in [9.17, 15) is 9.18 Å². The van der Waals surface area contributed by atoms with Crippen LogP contribution in [0.5, 0.6) is 5.75 Å². The molecule has 4 aromatic rings. The summed E-state index contributed by atoms with van der Waals surface area (Å²) >= 11 is 0. The monoisotopic (exact) mass is 406 g/mol. The number of nitrogens with zero attached hydrogens (tertiary/aromatic N) is 3. The summed E-state index contributed by atoms with van der Waals surface area (Å²) in [6.45, 7) is 0. The zero-order valence-corrected chi connectivity index (χ0v) is 16.4. The average molecular weight is 406 g/mol. The highest BCUT2D eigenvalue weighted by molar-refractivity contribution is 5.93. The number of methoxy groups -OCH3 is 1. The number of carbonyl (C=O) groups excluding carboxylic acids is 1. The maximum atomic E-state index is 13.1. The van der Waals surface area contributed by atoms with Crippen LogP contribution in [0.1, 0.15) is 27.9 Å². The lowest BCUT2D eigenvalue weighted by atomic mass is 10.1. The molecule has 0 bridgehead atoms. The zero-order chi connectivity index (χ0) is 21.1. The van der Waals surface area contributed by atoms with Gasteiger partial charge in [-0.25, -0.2) is 9.37 Å².